The van der Waals surface area contributed by atoms with Crippen LogP contribution in [0.2, 0.25) is 0 Å². The molecule has 3 N–H and O–H groups in total. The minimum atomic E-state index is 0.632. The van der Waals surface area contributed by atoms with E-state index in [0.717, 1.165) is 24.5 Å². The Morgan fingerprint density at radius 2 is 2.06 bits per heavy atom. The highest BCUT2D eigenvalue weighted by atomic mass is 16.6. The summed E-state index contributed by atoms with van der Waals surface area (Å²) in [5.41, 5.74) is 3.88. The second-order valence-electron chi connectivity index (χ2n) is 4.17. The first kappa shape index (κ1) is 12.2. The SMILES string of the molecule is CN(CCc1ccc2c(c1)OCCO2)CNN. The summed E-state index contributed by atoms with van der Waals surface area (Å²) >= 11 is 0. The third-order valence-electron chi connectivity index (χ3n) is 2.75. The third-order valence-corrected chi connectivity index (χ3v) is 2.75. The molecular formula is C12H19N3O2. The summed E-state index contributed by atoms with van der Waals surface area (Å²) < 4.78 is 11.0. The van der Waals surface area contributed by atoms with Crippen LogP contribution >= 0.6 is 0 Å². The maximum absolute atomic E-state index is 5.55. The normalized spacial score (nSPS) is 14.1. The van der Waals surface area contributed by atoms with Crippen LogP contribution in [-0.2, 0) is 6.42 Å². The number of hydrogen-bond acceptors (Lipinski definition) is 5. The van der Waals surface area contributed by atoms with Crippen LogP contribution in [0.3, 0.4) is 0 Å². The van der Waals surface area contributed by atoms with Crippen molar-refractivity contribution in [2.24, 2.45) is 5.84 Å². The smallest absolute Gasteiger partial charge is 0.161 e. The molecule has 0 amide bonds. The minimum Gasteiger partial charge on any atom is -0.486 e. The fraction of sp³-hybridized carbons (Fsp3) is 0.500. The van der Waals surface area contributed by atoms with Crippen LogP contribution in [0.5, 0.6) is 11.5 Å². The molecule has 0 aromatic heterocycles. The molecule has 94 valence electrons. The lowest BCUT2D eigenvalue weighted by Crippen LogP contribution is -2.36. The van der Waals surface area contributed by atoms with Gasteiger partial charge in [-0.2, -0.15) is 0 Å². The number of nitrogens with zero attached hydrogens (tertiary/aromatic N) is 1. The Morgan fingerprint density at radius 1 is 1.29 bits per heavy atom. The molecule has 0 bridgehead atoms. The lowest BCUT2D eigenvalue weighted by molar-refractivity contribution is 0.171. The number of nitrogens with one attached hydrogen (secondary N) is 1. The van der Waals surface area contributed by atoms with Crippen molar-refractivity contribution in [2.75, 3.05) is 33.5 Å². The van der Waals surface area contributed by atoms with Crippen molar-refractivity contribution in [3.63, 3.8) is 0 Å². The van der Waals surface area contributed by atoms with Crippen LogP contribution in [0, 0.1) is 0 Å². The van der Waals surface area contributed by atoms with E-state index in [1.54, 1.807) is 0 Å². The topological polar surface area (TPSA) is 59.8 Å². The van der Waals surface area contributed by atoms with Gasteiger partial charge in [0.15, 0.2) is 11.5 Å². The van der Waals surface area contributed by atoms with Crippen LogP contribution in [0.1, 0.15) is 5.56 Å². The van der Waals surface area contributed by atoms with E-state index >= 15 is 0 Å². The Hall–Kier alpha value is -1.30. The molecule has 1 aromatic carbocycles. The van der Waals surface area contributed by atoms with Gasteiger partial charge in [-0.3, -0.25) is 10.7 Å². The number of rotatable bonds is 5. The molecule has 0 unspecified atom stereocenters. The standard InChI is InChI=1S/C12H19N3O2/c1-15(9-14-13)5-4-10-2-3-11-12(8-10)17-7-6-16-11/h2-3,8,14H,4-7,9,13H2,1H3. The van der Waals surface area contributed by atoms with E-state index < -0.39 is 0 Å². The Balaban J connectivity index is 1.93. The first-order chi connectivity index (χ1) is 8.29. The minimum absolute atomic E-state index is 0.632. The highest BCUT2D eigenvalue weighted by Gasteiger charge is 2.11. The van der Waals surface area contributed by atoms with Crippen LogP contribution in [0.25, 0.3) is 0 Å². The zero-order valence-corrected chi connectivity index (χ0v) is 10.1. The summed E-state index contributed by atoms with van der Waals surface area (Å²) in [6.45, 7) is 2.90. The molecule has 1 aromatic rings. The summed E-state index contributed by atoms with van der Waals surface area (Å²) in [4.78, 5) is 2.12. The van der Waals surface area contributed by atoms with E-state index in [0.29, 0.717) is 19.9 Å². The van der Waals surface area contributed by atoms with E-state index in [2.05, 4.69) is 22.5 Å². The van der Waals surface area contributed by atoms with Crippen molar-refractivity contribution in [3.05, 3.63) is 23.8 Å². The number of likely N-dealkylation sites (N-methyl/N-ethyl adjacent to an activating group) is 1. The Labute approximate surface area is 101 Å². The summed E-state index contributed by atoms with van der Waals surface area (Å²) in [5.74, 6) is 6.96. The molecule has 5 nitrogen and oxygen atoms in total. The predicted molar refractivity (Wildman–Crippen MR) is 66.0 cm³/mol. The van der Waals surface area contributed by atoms with Crippen LogP contribution in [-0.4, -0.2) is 38.4 Å². The van der Waals surface area contributed by atoms with E-state index in [4.69, 9.17) is 15.3 Å². The van der Waals surface area contributed by atoms with Gasteiger partial charge < -0.3 is 9.47 Å². The van der Waals surface area contributed by atoms with Gasteiger partial charge in [-0.05, 0) is 31.2 Å². The average Bonchev–Trinajstić information content (AvgIpc) is 2.36. The molecule has 1 aliphatic heterocycles. The monoisotopic (exact) mass is 237 g/mol. The summed E-state index contributed by atoms with van der Waals surface area (Å²) in [5, 5.41) is 0. The molecule has 0 fully saturated rings. The van der Waals surface area contributed by atoms with Gasteiger partial charge in [-0.1, -0.05) is 6.07 Å². The van der Waals surface area contributed by atoms with Gasteiger partial charge in [0.05, 0.1) is 6.67 Å². The van der Waals surface area contributed by atoms with E-state index in [1.807, 2.05) is 13.1 Å². The van der Waals surface area contributed by atoms with Gasteiger partial charge in [-0.25, -0.2) is 5.43 Å². The van der Waals surface area contributed by atoms with Gasteiger partial charge in [0.25, 0.3) is 0 Å². The largest absolute Gasteiger partial charge is 0.486 e. The molecule has 0 spiro atoms. The number of benzene rings is 1. The fourth-order valence-electron chi connectivity index (χ4n) is 1.80. The first-order valence-electron chi connectivity index (χ1n) is 5.80. The molecule has 17 heavy (non-hydrogen) atoms. The van der Waals surface area contributed by atoms with Crippen molar-refractivity contribution in [3.8, 4) is 11.5 Å². The van der Waals surface area contributed by atoms with Gasteiger partial charge in [0, 0.05) is 6.54 Å². The van der Waals surface area contributed by atoms with Crippen LogP contribution in [0.4, 0.5) is 0 Å². The van der Waals surface area contributed by atoms with Crippen molar-refractivity contribution in [2.45, 2.75) is 6.42 Å². The molecule has 0 radical (unpaired) electrons. The second kappa shape index (κ2) is 5.86. The van der Waals surface area contributed by atoms with Gasteiger partial charge in [0.1, 0.15) is 13.2 Å². The molecule has 0 saturated heterocycles. The van der Waals surface area contributed by atoms with Gasteiger partial charge in [-0.15, -0.1) is 0 Å². The molecule has 0 atom stereocenters. The maximum Gasteiger partial charge on any atom is 0.161 e. The molecule has 0 saturated carbocycles. The fourth-order valence-corrected chi connectivity index (χ4v) is 1.80. The summed E-state index contributed by atoms with van der Waals surface area (Å²) in [6.07, 6.45) is 0.967. The van der Waals surface area contributed by atoms with Crippen molar-refractivity contribution < 1.29 is 9.47 Å². The molecule has 1 heterocycles. The lowest BCUT2D eigenvalue weighted by Gasteiger charge is -2.20. The summed E-state index contributed by atoms with van der Waals surface area (Å²) in [6, 6.07) is 6.11. The molecule has 2 rings (SSSR count). The number of hydrazine groups is 1. The average molecular weight is 237 g/mol. The van der Waals surface area contributed by atoms with Gasteiger partial charge in [0.2, 0.25) is 0 Å². The molecule has 0 aliphatic carbocycles. The zero-order chi connectivity index (χ0) is 12.1. The van der Waals surface area contributed by atoms with Crippen LogP contribution in [0.15, 0.2) is 18.2 Å². The Bertz CT molecular complexity index is 371. The van der Waals surface area contributed by atoms with Crippen molar-refractivity contribution in [1.82, 2.24) is 10.3 Å². The van der Waals surface area contributed by atoms with Crippen molar-refractivity contribution in [1.29, 1.82) is 0 Å². The molecule has 1 aliphatic rings. The number of ether oxygens (including phenoxy) is 2. The van der Waals surface area contributed by atoms with Crippen LogP contribution < -0.4 is 20.7 Å². The third kappa shape index (κ3) is 3.33. The van der Waals surface area contributed by atoms with E-state index in [1.165, 1.54) is 5.56 Å². The highest BCUT2D eigenvalue weighted by Crippen LogP contribution is 2.30. The predicted octanol–water partition coefficient (Wildman–Crippen LogP) is 0.353. The highest BCUT2D eigenvalue weighted by molar-refractivity contribution is 5.43. The quantitative estimate of drug-likeness (QED) is 0.440. The first-order valence-corrected chi connectivity index (χ1v) is 5.80. The number of fused-ring (bicyclic) bond motifs is 1. The van der Waals surface area contributed by atoms with Crippen molar-refractivity contribution >= 4 is 0 Å². The zero-order valence-electron chi connectivity index (χ0n) is 10.1. The Morgan fingerprint density at radius 3 is 2.82 bits per heavy atom. The molecule has 5 heteroatoms. The van der Waals surface area contributed by atoms with E-state index in [9.17, 15) is 0 Å². The molecular weight excluding hydrogens is 218 g/mol. The maximum atomic E-state index is 5.55. The summed E-state index contributed by atoms with van der Waals surface area (Å²) in [7, 11) is 2.03. The Kier molecular flexibility index (Phi) is 4.19. The van der Waals surface area contributed by atoms with Gasteiger partial charge >= 0.3 is 0 Å². The lowest BCUT2D eigenvalue weighted by atomic mass is 10.1. The van der Waals surface area contributed by atoms with E-state index in [-0.39, 0.29) is 0 Å². The number of hydrogen-bond donors (Lipinski definition) is 2. The number of nitrogens with two attached hydrogens (primary N) is 1. The second-order valence-corrected chi connectivity index (χ2v) is 4.17.